The van der Waals surface area contributed by atoms with Gasteiger partial charge in [-0.25, -0.2) is 9.07 Å². The van der Waals surface area contributed by atoms with Crippen LogP contribution in [-0.2, 0) is 0 Å². The fraction of sp³-hybridized carbons (Fsp3) is 0.238. The first-order valence-corrected chi connectivity index (χ1v) is 9.91. The third kappa shape index (κ3) is 4.49. The number of rotatable bonds is 4. The standard InChI is InChI=1S/C21H19ClFN5O2/c22-15-3-7-18(8-4-15)28-13-19(25-26-28)21(30)27-11-9-17(10-12-27)24-20(29)14-1-5-16(23)6-2-14/h1-8,13,17H,9-12H2,(H,24,29). The second-order valence-electron chi connectivity index (χ2n) is 7.07. The van der Waals surface area contributed by atoms with E-state index >= 15 is 0 Å². The van der Waals surface area contributed by atoms with Crippen LogP contribution in [0.1, 0.15) is 33.7 Å². The number of amides is 2. The van der Waals surface area contributed by atoms with E-state index in [1.165, 1.54) is 28.9 Å². The highest BCUT2D eigenvalue weighted by Crippen LogP contribution is 2.16. The topological polar surface area (TPSA) is 80.1 Å². The minimum Gasteiger partial charge on any atom is -0.349 e. The molecular weight excluding hydrogens is 409 g/mol. The van der Waals surface area contributed by atoms with Crippen molar-refractivity contribution in [1.82, 2.24) is 25.2 Å². The molecule has 1 saturated heterocycles. The minimum absolute atomic E-state index is 0.0450. The first kappa shape index (κ1) is 20.0. The lowest BCUT2D eigenvalue weighted by atomic mass is 10.0. The van der Waals surface area contributed by atoms with Crippen molar-refractivity contribution >= 4 is 23.4 Å². The number of halogens is 2. The predicted octanol–water partition coefficient (Wildman–Crippen LogP) is 3.09. The Morgan fingerprint density at radius 2 is 1.70 bits per heavy atom. The normalized spacial score (nSPS) is 14.5. The van der Waals surface area contributed by atoms with Crippen molar-refractivity contribution in [3.63, 3.8) is 0 Å². The molecule has 1 N–H and O–H groups in total. The van der Waals surface area contributed by atoms with Crippen molar-refractivity contribution in [2.45, 2.75) is 18.9 Å². The maximum Gasteiger partial charge on any atom is 0.276 e. The van der Waals surface area contributed by atoms with Gasteiger partial charge >= 0.3 is 0 Å². The van der Waals surface area contributed by atoms with E-state index in [0.29, 0.717) is 36.5 Å². The summed E-state index contributed by atoms with van der Waals surface area (Å²) >= 11 is 5.89. The lowest BCUT2D eigenvalue weighted by Gasteiger charge is -2.31. The van der Waals surface area contributed by atoms with Gasteiger partial charge in [-0.3, -0.25) is 9.59 Å². The summed E-state index contributed by atoms with van der Waals surface area (Å²) in [5.74, 6) is -0.824. The van der Waals surface area contributed by atoms with Crippen molar-refractivity contribution in [3.05, 3.63) is 76.8 Å². The molecule has 154 valence electrons. The van der Waals surface area contributed by atoms with E-state index in [2.05, 4.69) is 15.6 Å². The molecule has 0 radical (unpaired) electrons. The number of nitrogens with one attached hydrogen (secondary N) is 1. The number of carbonyl (C=O) groups is 2. The van der Waals surface area contributed by atoms with Crippen LogP contribution in [-0.4, -0.2) is 50.8 Å². The highest BCUT2D eigenvalue weighted by Gasteiger charge is 2.26. The number of benzene rings is 2. The molecule has 7 nitrogen and oxygen atoms in total. The number of carbonyl (C=O) groups excluding carboxylic acids is 2. The highest BCUT2D eigenvalue weighted by atomic mass is 35.5. The molecule has 0 atom stereocenters. The highest BCUT2D eigenvalue weighted by molar-refractivity contribution is 6.30. The third-order valence-corrected chi connectivity index (χ3v) is 5.28. The summed E-state index contributed by atoms with van der Waals surface area (Å²) < 4.78 is 14.5. The molecular formula is C21H19ClFN5O2. The first-order valence-electron chi connectivity index (χ1n) is 9.53. The maximum absolute atomic E-state index is 13.0. The maximum atomic E-state index is 13.0. The molecule has 2 amide bonds. The molecule has 1 fully saturated rings. The SMILES string of the molecule is O=C(NC1CCN(C(=O)c2cn(-c3ccc(Cl)cc3)nn2)CC1)c1ccc(F)cc1. The molecule has 1 aliphatic rings. The molecule has 0 aliphatic carbocycles. The van der Waals surface area contributed by atoms with Crippen LogP contribution in [0.25, 0.3) is 5.69 Å². The van der Waals surface area contributed by atoms with E-state index in [9.17, 15) is 14.0 Å². The largest absolute Gasteiger partial charge is 0.349 e. The van der Waals surface area contributed by atoms with Crippen molar-refractivity contribution < 1.29 is 14.0 Å². The lowest BCUT2D eigenvalue weighted by Crippen LogP contribution is -2.46. The zero-order valence-corrected chi connectivity index (χ0v) is 16.7. The van der Waals surface area contributed by atoms with Crippen LogP contribution in [0.15, 0.2) is 54.7 Å². The quantitative estimate of drug-likeness (QED) is 0.693. The molecule has 1 aromatic heterocycles. The van der Waals surface area contributed by atoms with Gasteiger partial charge in [0.05, 0.1) is 11.9 Å². The minimum atomic E-state index is -0.383. The van der Waals surface area contributed by atoms with Gasteiger partial charge in [-0.1, -0.05) is 16.8 Å². The van der Waals surface area contributed by atoms with Crippen molar-refractivity contribution in [3.8, 4) is 5.69 Å². The Morgan fingerprint density at radius 1 is 1.03 bits per heavy atom. The predicted molar refractivity (Wildman–Crippen MR) is 109 cm³/mol. The van der Waals surface area contributed by atoms with Crippen LogP contribution < -0.4 is 5.32 Å². The Labute approximate surface area is 177 Å². The first-order chi connectivity index (χ1) is 14.5. The fourth-order valence-electron chi connectivity index (χ4n) is 3.34. The van der Waals surface area contributed by atoms with Crippen LogP contribution >= 0.6 is 11.6 Å². The summed E-state index contributed by atoms with van der Waals surface area (Å²) in [6.45, 7) is 1.00. The van der Waals surface area contributed by atoms with Gasteiger partial charge in [0.15, 0.2) is 5.69 Å². The fourth-order valence-corrected chi connectivity index (χ4v) is 3.47. The monoisotopic (exact) mass is 427 g/mol. The van der Waals surface area contributed by atoms with Gasteiger partial charge in [0, 0.05) is 29.7 Å². The van der Waals surface area contributed by atoms with Crippen molar-refractivity contribution in [2.75, 3.05) is 13.1 Å². The van der Waals surface area contributed by atoms with E-state index < -0.39 is 0 Å². The average Bonchev–Trinajstić information content (AvgIpc) is 3.25. The molecule has 1 aliphatic heterocycles. The van der Waals surface area contributed by atoms with E-state index in [0.717, 1.165) is 5.69 Å². The Bertz CT molecular complexity index is 1040. The molecule has 4 rings (SSSR count). The zero-order chi connectivity index (χ0) is 21.1. The van der Waals surface area contributed by atoms with Gasteiger partial charge in [0.1, 0.15) is 5.82 Å². The molecule has 30 heavy (non-hydrogen) atoms. The van der Waals surface area contributed by atoms with Crippen LogP contribution in [0.4, 0.5) is 4.39 Å². The van der Waals surface area contributed by atoms with Crippen molar-refractivity contribution in [1.29, 1.82) is 0 Å². The van der Waals surface area contributed by atoms with Gasteiger partial charge in [0.25, 0.3) is 11.8 Å². The number of aromatic nitrogens is 3. The number of hydrogen-bond acceptors (Lipinski definition) is 4. The second kappa shape index (κ2) is 8.62. The van der Waals surface area contributed by atoms with Gasteiger partial charge in [-0.05, 0) is 61.4 Å². The Balaban J connectivity index is 1.33. The van der Waals surface area contributed by atoms with Crippen LogP contribution in [0, 0.1) is 5.82 Å². The van der Waals surface area contributed by atoms with E-state index in [4.69, 9.17) is 11.6 Å². The van der Waals surface area contributed by atoms with Gasteiger partial charge in [0.2, 0.25) is 0 Å². The average molecular weight is 428 g/mol. The second-order valence-corrected chi connectivity index (χ2v) is 7.51. The molecule has 0 bridgehead atoms. The van der Waals surface area contributed by atoms with E-state index in [1.54, 1.807) is 35.4 Å². The summed E-state index contributed by atoms with van der Waals surface area (Å²) in [4.78, 5) is 26.7. The molecule has 0 saturated carbocycles. The van der Waals surface area contributed by atoms with Gasteiger partial charge in [-0.15, -0.1) is 5.10 Å². The van der Waals surface area contributed by atoms with Crippen molar-refractivity contribution in [2.24, 2.45) is 0 Å². The smallest absolute Gasteiger partial charge is 0.276 e. The van der Waals surface area contributed by atoms with Gasteiger partial charge in [-0.2, -0.15) is 0 Å². The number of hydrogen-bond donors (Lipinski definition) is 1. The molecule has 0 unspecified atom stereocenters. The number of nitrogens with zero attached hydrogens (tertiary/aromatic N) is 4. The summed E-state index contributed by atoms with van der Waals surface area (Å²) in [7, 11) is 0. The Hall–Kier alpha value is -3.26. The summed E-state index contributed by atoms with van der Waals surface area (Å²) in [5, 5.41) is 11.6. The number of likely N-dealkylation sites (tertiary alicyclic amines) is 1. The third-order valence-electron chi connectivity index (χ3n) is 5.03. The number of piperidine rings is 1. The van der Waals surface area contributed by atoms with Crippen LogP contribution in [0.2, 0.25) is 5.02 Å². The zero-order valence-electron chi connectivity index (χ0n) is 16.0. The lowest BCUT2D eigenvalue weighted by molar-refractivity contribution is 0.0692. The van der Waals surface area contributed by atoms with Crippen LogP contribution in [0.3, 0.4) is 0 Å². The molecule has 2 aromatic carbocycles. The summed E-state index contributed by atoms with van der Waals surface area (Å²) in [6, 6.07) is 12.4. The van der Waals surface area contributed by atoms with Gasteiger partial charge < -0.3 is 10.2 Å². The summed E-state index contributed by atoms with van der Waals surface area (Å²) in [5.41, 5.74) is 1.43. The Kier molecular flexibility index (Phi) is 5.76. The molecule has 2 heterocycles. The Morgan fingerprint density at radius 3 is 2.37 bits per heavy atom. The molecule has 3 aromatic rings. The van der Waals surface area contributed by atoms with E-state index in [1.807, 2.05) is 0 Å². The summed E-state index contributed by atoms with van der Waals surface area (Å²) in [6.07, 6.45) is 2.85. The molecule has 0 spiro atoms. The molecule has 9 heteroatoms. The van der Waals surface area contributed by atoms with Crippen LogP contribution in [0.5, 0.6) is 0 Å². The van der Waals surface area contributed by atoms with E-state index in [-0.39, 0.29) is 29.4 Å².